The molecule has 0 amide bonds. The van der Waals surface area contributed by atoms with Gasteiger partial charge in [0.25, 0.3) is 0 Å². The number of allylic oxidation sites excluding steroid dienone is 1. The van der Waals surface area contributed by atoms with Gasteiger partial charge in [-0.15, -0.1) is 0 Å². The molecule has 0 atom stereocenters. The second-order valence-corrected chi connectivity index (χ2v) is 4.66. The number of hydroxylamine groups is 1. The van der Waals surface area contributed by atoms with E-state index in [2.05, 4.69) is 26.2 Å². The lowest BCUT2D eigenvalue weighted by atomic mass is 10.7. The first-order valence-corrected chi connectivity index (χ1v) is 6.81. The lowest BCUT2D eigenvalue weighted by Gasteiger charge is -2.07. The van der Waals surface area contributed by atoms with Crippen LogP contribution in [0.2, 0.25) is 0 Å². The molecular weight excluding hydrogens is 320 g/mol. The zero-order valence-corrected chi connectivity index (χ0v) is 12.8. The number of hydrogen-bond donors (Lipinski definition) is 2. The summed E-state index contributed by atoms with van der Waals surface area (Å²) in [5.41, 5.74) is 2.66. The van der Waals surface area contributed by atoms with Crippen molar-refractivity contribution in [3.8, 4) is 0 Å². The van der Waals surface area contributed by atoms with Crippen molar-refractivity contribution in [3.63, 3.8) is 0 Å². The SMILES string of the molecule is C/C(Br)=C\NOCCOCCOCCOCCON. The van der Waals surface area contributed by atoms with E-state index in [0.717, 1.165) is 4.48 Å². The summed E-state index contributed by atoms with van der Waals surface area (Å²) in [6.07, 6.45) is 1.71. The molecule has 0 aliphatic carbocycles. The minimum atomic E-state index is 0.390. The standard InChI is InChI=1S/C11H23BrN2O5/c1-11(12)10-14-19-9-7-17-5-3-15-2-4-16-6-8-18-13/h10,14H,2-9,13H2,1H3/b11-10+. The Morgan fingerprint density at radius 2 is 1.42 bits per heavy atom. The lowest BCUT2D eigenvalue weighted by molar-refractivity contribution is -0.0199. The smallest absolute Gasteiger partial charge is 0.0979 e. The highest BCUT2D eigenvalue weighted by Crippen LogP contribution is 1.98. The summed E-state index contributed by atoms with van der Waals surface area (Å²) in [6, 6.07) is 0. The molecule has 0 fully saturated rings. The molecule has 8 heteroatoms. The van der Waals surface area contributed by atoms with E-state index in [1.54, 1.807) is 6.20 Å². The predicted molar refractivity (Wildman–Crippen MR) is 74.4 cm³/mol. The van der Waals surface area contributed by atoms with Crippen molar-refractivity contribution in [2.75, 3.05) is 52.9 Å². The largest absolute Gasteiger partial charge is 0.377 e. The second kappa shape index (κ2) is 15.8. The topological polar surface area (TPSA) is 84.2 Å². The number of ether oxygens (including phenoxy) is 3. The number of hydrogen-bond acceptors (Lipinski definition) is 7. The summed E-state index contributed by atoms with van der Waals surface area (Å²) in [7, 11) is 0. The molecule has 3 N–H and O–H groups in total. The van der Waals surface area contributed by atoms with Gasteiger partial charge in [-0.1, -0.05) is 15.9 Å². The molecule has 0 rings (SSSR count). The summed E-state index contributed by atoms with van der Waals surface area (Å²) in [6.45, 7) is 5.86. The van der Waals surface area contributed by atoms with Crippen molar-refractivity contribution in [3.05, 3.63) is 10.7 Å². The molecule has 0 bridgehead atoms. The maximum absolute atomic E-state index is 5.29. The quantitative estimate of drug-likeness (QED) is 0.355. The summed E-state index contributed by atoms with van der Waals surface area (Å²) < 4.78 is 16.7. The van der Waals surface area contributed by atoms with Crippen molar-refractivity contribution >= 4 is 15.9 Å². The Morgan fingerprint density at radius 3 is 1.89 bits per heavy atom. The highest BCUT2D eigenvalue weighted by molar-refractivity contribution is 9.11. The van der Waals surface area contributed by atoms with Gasteiger partial charge in [-0.2, -0.15) is 0 Å². The predicted octanol–water partition coefficient (Wildman–Crippen LogP) is 0.704. The van der Waals surface area contributed by atoms with Crippen molar-refractivity contribution in [2.24, 2.45) is 5.90 Å². The molecule has 0 aromatic carbocycles. The van der Waals surface area contributed by atoms with E-state index in [1.165, 1.54) is 0 Å². The molecule has 0 heterocycles. The molecule has 114 valence electrons. The van der Waals surface area contributed by atoms with Gasteiger partial charge < -0.3 is 19.0 Å². The first-order valence-electron chi connectivity index (χ1n) is 6.02. The Balaban J connectivity index is 2.97. The van der Waals surface area contributed by atoms with Crippen LogP contribution in [0.15, 0.2) is 10.7 Å². The van der Waals surface area contributed by atoms with Crippen molar-refractivity contribution in [2.45, 2.75) is 6.92 Å². The minimum absolute atomic E-state index is 0.390. The van der Waals surface area contributed by atoms with E-state index in [0.29, 0.717) is 52.9 Å². The van der Waals surface area contributed by atoms with Gasteiger partial charge in [0, 0.05) is 10.7 Å². The molecule has 0 saturated carbocycles. The van der Waals surface area contributed by atoms with Gasteiger partial charge in [-0.3, -0.25) is 10.3 Å². The Bertz CT molecular complexity index is 215. The fourth-order valence-electron chi connectivity index (χ4n) is 0.931. The summed E-state index contributed by atoms with van der Waals surface area (Å²) in [5.74, 6) is 4.83. The molecule has 0 aliphatic heterocycles. The molecule has 0 spiro atoms. The second-order valence-electron chi connectivity index (χ2n) is 3.41. The first kappa shape index (κ1) is 18.8. The zero-order valence-electron chi connectivity index (χ0n) is 11.2. The molecule has 19 heavy (non-hydrogen) atoms. The van der Waals surface area contributed by atoms with E-state index < -0.39 is 0 Å². The Labute approximate surface area is 122 Å². The highest BCUT2D eigenvalue weighted by atomic mass is 79.9. The highest BCUT2D eigenvalue weighted by Gasteiger charge is 1.92. The lowest BCUT2D eigenvalue weighted by Crippen LogP contribution is -2.15. The molecule has 0 aromatic rings. The number of rotatable bonds is 14. The molecule has 0 unspecified atom stereocenters. The van der Waals surface area contributed by atoms with Gasteiger partial charge in [0.1, 0.15) is 0 Å². The Morgan fingerprint density at radius 1 is 0.947 bits per heavy atom. The minimum Gasteiger partial charge on any atom is -0.377 e. The maximum Gasteiger partial charge on any atom is 0.0979 e. The van der Waals surface area contributed by atoms with Crippen molar-refractivity contribution in [1.29, 1.82) is 0 Å². The molecular formula is C11H23BrN2O5. The molecule has 7 nitrogen and oxygen atoms in total. The average molecular weight is 343 g/mol. The first-order chi connectivity index (χ1) is 9.27. The van der Waals surface area contributed by atoms with Crippen LogP contribution in [0.5, 0.6) is 0 Å². The summed E-state index contributed by atoms with van der Waals surface area (Å²) in [5, 5.41) is 0. The zero-order chi connectivity index (χ0) is 14.2. The molecule has 0 saturated heterocycles. The van der Waals surface area contributed by atoms with Crippen LogP contribution < -0.4 is 11.4 Å². The van der Waals surface area contributed by atoms with E-state index in [1.807, 2.05) is 6.92 Å². The van der Waals surface area contributed by atoms with Gasteiger partial charge in [0.2, 0.25) is 0 Å². The van der Waals surface area contributed by atoms with Gasteiger partial charge in [0.05, 0.1) is 52.9 Å². The third-order valence-electron chi connectivity index (χ3n) is 1.76. The van der Waals surface area contributed by atoms with E-state index >= 15 is 0 Å². The number of nitrogens with two attached hydrogens (primary N) is 1. The van der Waals surface area contributed by atoms with Gasteiger partial charge in [-0.25, -0.2) is 5.90 Å². The molecule has 0 aromatic heterocycles. The third kappa shape index (κ3) is 17.8. The van der Waals surface area contributed by atoms with Crippen LogP contribution in [-0.4, -0.2) is 52.9 Å². The summed E-state index contributed by atoms with van der Waals surface area (Å²) in [4.78, 5) is 9.41. The van der Waals surface area contributed by atoms with Gasteiger partial charge in [0.15, 0.2) is 0 Å². The number of halogens is 1. The van der Waals surface area contributed by atoms with Crippen LogP contribution in [0.1, 0.15) is 6.92 Å². The van der Waals surface area contributed by atoms with Crippen LogP contribution in [0, 0.1) is 0 Å². The van der Waals surface area contributed by atoms with Crippen LogP contribution >= 0.6 is 15.9 Å². The van der Waals surface area contributed by atoms with Gasteiger partial charge >= 0.3 is 0 Å². The van der Waals surface area contributed by atoms with Crippen molar-refractivity contribution < 1.29 is 23.9 Å². The Hall–Kier alpha value is -0.220. The van der Waals surface area contributed by atoms with Crippen LogP contribution in [0.4, 0.5) is 0 Å². The van der Waals surface area contributed by atoms with Crippen LogP contribution in [-0.2, 0) is 23.9 Å². The van der Waals surface area contributed by atoms with Crippen LogP contribution in [0.25, 0.3) is 0 Å². The van der Waals surface area contributed by atoms with Gasteiger partial charge in [-0.05, 0) is 6.92 Å². The normalized spacial score (nSPS) is 11.8. The summed E-state index contributed by atoms with van der Waals surface area (Å²) >= 11 is 3.26. The third-order valence-corrected chi connectivity index (χ3v) is 1.99. The Kier molecular flexibility index (Phi) is 15.7. The van der Waals surface area contributed by atoms with E-state index in [-0.39, 0.29) is 0 Å². The molecule has 0 radical (unpaired) electrons. The van der Waals surface area contributed by atoms with Crippen molar-refractivity contribution in [1.82, 2.24) is 5.48 Å². The molecule has 0 aliphatic rings. The fourth-order valence-corrected chi connectivity index (χ4v) is 1.02. The maximum atomic E-state index is 5.29. The fraction of sp³-hybridized carbons (Fsp3) is 0.818. The van der Waals surface area contributed by atoms with E-state index in [9.17, 15) is 0 Å². The number of nitrogens with one attached hydrogen (secondary N) is 1. The monoisotopic (exact) mass is 342 g/mol. The van der Waals surface area contributed by atoms with Crippen LogP contribution in [0.3, 0.4) is 0 Å². The van der Waals surface area contributed by atoms with E-state index in [4.69, 9.17) is 24.9 Å². The average Bonchev–Trinajstić information content (AvgIpc) is 2.39.